The molecule has 0 aromatic heterocycles. The quantitative estimate of drug-likeness (QED) is 0.623. The number of halogens is 2. The zero-order chi connectivity index (χ0) is 17.5. The highest BCUT2D eigenvalue weighted by Gasteiger charge is 2.22. The highest BCUT2D eigenvalue weighted by molar-refractivity contribution is 6.35. The van der Waals surface area contributed by atoms with Crippen molar-refractivity contribution in [1.82, 2.24) is 5.32 Å². The van der Waals surface area contributed by atoms with Gasteiger partial charge in [0.25, 0.3) is 5.91 Å². The third kappa shape index (κ3) is 5.84. The van der Waals surface area contributed by atoms with Gasteiger partial charge in [-0.2, -0.15) is 0 Å². The largest absolute Gasteiger partial charge is 0.452 e. The number of rotatable bonds is 5. The van der Waals surface area contributed by atoms with Gasteiger partial charge in [-0.15, -0.1) is 0 Å². The molecule has 0 saturated heterocycles. The van der Waals surface area contributed by atoms with Crippen LogP contribution in [0, 0.1) is 5.92 Å². The molecule has 0 aliphatic heterocycles. The van der Waals surface area contributed by atoms with E-state index in [1.165, 1.54) is 18.6 Å². The molecule has 1 aromatic carbocycles. The van der Waals surface area contributed by atoms with Crippen LogP contribution in [0.3, 0.4) is 0 Å². The molecule has 130 valence electrons. The fraction of sp³-hybridized carbons (Fsp3) is 0.444. The van der Waals surface area contributed by atoms with Crippen LogP contribution in [0.1, 0.15) is 38.2 Å². The molecule has 2 rings (SSSR count). The second-order valence-corrected chi connectivity index (χ2v) is 6.89. The Hall–Kier alpha value is -1.52. The minimum absolute atomic E-state index is 0.174. The summed E-state index contributed by atoms with van der Waals surface area (Å²) in [5.74, 6) is -0.391. The first-order valence-electron chi connectivity index (χ1n) is 8.05. The van der Waals surface area contributed by atoms with Crippen molar-refractivity contribution in [1.29, 1.82) is 0 Å². The van der Waals surface area contributed by atoms with Gasteiger partial charge in [-0.05, 0) is 42.5 Å². The first-order chi connectivity index (χ1) is 11.5. The van der Waals surface area contributed by atoms with E-state index in [2.05, 4.69) is 12.2 Å². The van der Waals surface area contributed by atoms with E-state index < -0.39 is 5.97 Å². The molecule has 1 saturated carbocycles. The summed E-state index contributed by atoms with van der Waals surface area (Å²) in [6, 6.07) is 5.14. The standard InChI is InChI=1S/C18H21Cl2NO3/c1-12-4-2-3-5-16(12)21-17(22)11-24-18(23)9-7-13-6-8-14(19)10-15(13)20/h6-10,12,16H,2-5,11H2,1H3,(H,21,22)/b9-7+/t12-,16+/m1/s1. The van der Waals surface area contributed by atoms with E-state index in [4.69, 9.17) is 27.9 Å². The molecule has 2 atom stereocenters. The molecule has 1 aliphatic rings. The molecular weight excluding hydrogens is 349 g/mol. The summed E-state index contributed by atoms with van der Waals surface area (Å²) in [7, 11) is 0. The van der Waals surface area contributed by atoms with Gasteiger partial charge in [-0.25, -0.2) is 4.79 Å². The molecule has 0 bridgehead atoms. The van der Waals surface area contributed by atoms with E-state index in [0.717, 1.165) is 19.3 Å². The normalized spacial score (nSPS) is 20.8. The predicted octanol–water partition coefficient (Wildman–Crippen LogP) is 4.24. The van der Waals surface area contributed by atoms with E-state index in [1.807, 2.05) is 0 Å². The van der Waals surface area contributed by atoms with Crippen LogP contribution in [0.15, 0.2) is 24.3 Å². The molecule has 1 N–H and O–H groups in total. The monoisotopic (exact) mass is 369 g/mol. The first-order valence-corrected chi connectivity index (χ1v) is 8.80. The summed E-state index contributed by atoms with van der Waals surface area (Å²) in [5, 5.41) is 3.90. The Bertz CT molecular complexity index is 631. The minimum Gasteiger partial charge on any atom is -0.452 e. The first kappa shape index (κ1) is 18.8. The number of nitrogens with one attached hydrogen (secondary N) is 1. The fourth-order valence-electron chi connectivity index (χ4n) is 2.76. The third-order valence-electron chi connectivity index (χ3n) is 4.16. The topological polar surface area (TPSA) is 55.4 Å². The van der Waals surface area contributed by atoms with Crippen molar-refractivity contribution in [2.45, 2.75) is 38.6 Å². The third-order valence-corrected chi connectivity index (χ3v) is 4.73. The van der Waals surface area contributed by atoms with E-state index in [-0.39, 0.29) is 18.6 Å². The van der Waals surface area contributed by atoms with Gasteiger partial charge in [0, 0.05) is 22.2 Å². The molecule has 6 heteroatoms. The number of amides is 1. The van der Waals surface area contributed by atoms with Gasteiger partial charge in [0.2, 0.25) is 0 Å². The average Bonchev–Trinajstić information content (AvgIpc) is 2.54. The number of hydrogen-bond acceptors (Lipinski definition) is 3. The van der Waals surface area contributed by atoms with Crippen molar-refractivity contribution in [3.05, 3.63) is 39.9 Å². The number of carbonyl (C=O) groups is 2. The Morgan fingerprint density at radius 1 is 1.29 bits per heavy atom. The Labute approximate surface area is 152 Å². The molecule has 0 spiro atoms. The van der Waals surface area contributed by atoms with Crippen LogP contribution in [-0.4, -0.2) is 24.5 Å². The second kappa shape index (κ2) is 9.09. The maximum atomic E-state index is 11.9. The van der Waals surface area contributed by atoms with Gasteiger partial charge >= 0.3 is 5.97 Å². The van der Waals surface area contributed by atoms with Gasteiger partial charge in [0.15, 0.2) is 6.61 Å². The van der Waals surface area contributed by atoms with Crippen molar-refractivity contribution in [2.24, 2.45) is 5.92 Å². The van der Waals surface area contributed by atoms with Crippen LogP contribution in [0.4, 0.5) is 0 Å². The van der Waals surface area contributed by atoms with Gasteiger partial charge in [-0.1, -0.05) is 49.0 Å². The molecule has 1 fully saturated rings. The number of esters is 1. The number of benzene rings is 1. The number of carbonyl (C=O) groups excluding carboxylic acids is 2. The van der Waals surface area contributed by atoms with Crippen molar-refractivity contribution in [3.63, 3.8) is 0 Å². The Balaban J connectivity index is 1.77. The van der Waals surface area contributed by atoms with E-state index in [1.54, 1.807) is 18.2 Å². The Morgan fingerprint density at radius 2 is 2.04 bits per heavy atom. The SMILES string of the molecule is C[C@@H]1CCCC[C@@H]1NC(=O)COC(=O)/C=C/c1ccc(Cl)cc1Cl. The Morgan fingerprint density at radius 3 is 2.75 bits per heavy atom. The number of hydrogen-bond donors (Lipinski definition) is 1. The average molecular weight is 370 g/mol. The van der Waals surface area contributed by atoms with Crippen LogP contribution >= 0.6 is 23.2 Å². The van der Waals surface area contributed by atoms with Crippen molar-refractivity contribution >= 4 is 41.2 Å². The maximum absolute atomic E-state index is 11.9. The van der Waals surface area contributed by atoms with Gasteiger partial charge in [0.05, 0.1) is 0 Å². The highest BCUT2D eigenvalue weighted by Crippen LogP contribution is 2.24. The van der Waals surface area contributed by atoms with Crippen LogP contribution < -0.4 is 5.32 Å². The Kier molecular flexibility index (Phi) is 7.13. The molecular formula is C18H21Cl2NO3. The zero-order valence-corrected chi connectivity index (χ0v) is 15.1. The van der Waals surface area contributed by atoms with Crippen molar-refractivity contribution in [3.8, 4) is 0 Å². The molecule has 24 heavy (non-hydrogen) atoms. The maximum Gasteiger partial charge on any atom is 0.331 e. The lowest BCUT2D eigenvalue weighted by atomic mass is 9.86. The summed E-state index contributed by atoms with van der Waals surface area (Å²) >= 11 is 11.8. The van der Waals surface area contributed by atoms with E-state index in [0.29, 0.717) is 21.5 Å². The number of ether oxygens (including phenoxy) is 1. The summed E-state index contributed by atoms with van der Waals surface area (Å²) in [5.41, 5.74) is 0.651. The van der Waals surface area contributed by atoms with E-state index in [9.17, 15) is 9.59 Å². The summed E-state index contributed by atoms with van der Waals surface area (Å²) in [6.45, 7) is 1.86. The summed E-state index contributed by atoms with van der Waals surface area (Å²) in [4.78, 5) is 23.6. The zero-order valence-electron chi connectivity index (χ0n) is 13.6. The van der Waals surface area contributed by atoms with Crippen molar-refractivity contribution in [2.75, 3.05) is 6.61 Å². The summed E-state index contributed by atoms with van der Waals surface area (Å²) in [6.07, 6.45) is 7.21. The molecule has 0 heterocycles. The predicted molar refractivity (Wildman–Crippen MR) is 96.0 cm³/mol. The van der Waals surface area contributed by atoms with Gasteiger partial charge < -0.3 is 10.1 Å². The van der Waals surface area contributed by atoms with Crippen LogP contribution in [0.25, 0.3) is 6.08 Å². The lowest BCUT2D eigenvalue weighted by Crippen LogP contribution is -2.42. The molecule has 4 nitrogen and oxygen atoms in total. The van der Waals surface area contributed by atoms with E-state index >= 15 is 0 Å². The molecule has 1 aliphatic carbocycles. The minimum atomic E-state index is -0.590. The second-order valence-electron chi connectivity index (χ2n) is 6.04. The molecule has 0 radical (unpaired) electrons. The fourth-order valence-corrected chi connectivity index (χ4v) is 3.23. The molecule has 0 unspecified atom stereocenters. The van der Waals surface area contributed by atoms with Crippen LogP contribution in [0.5, 0.6) is 0 Å². The lowest BCUT2D eigenvalue weighted by Gasteiger charge is -2.29. The van der Waals surface area contributed by atoms with Gasteiger partial charge in [-0.3, -0.25) is 4.79 Å². The molecule has 1 amide bonds. The van der Waals surface area contributed by atoms with Crippen LogP contribution in [0.2, 0.25) is 10.0 Å². The molecule has 1 aromatic rings. The highest BCUT2D eigenvalue weighted by atomic mass is 35.5. The van der Waals surface area contributed by atoms with Crippen molar-refractivity contribution < 1.29 is 14.3 Å². The smallest absolute Gasteiger partial charge is 0.331 e. The lowest BCUT2D eigenvalue weighted by molar-refractivity contribution is -0.144. The van der Waals surface area contributed by atoms with Gasteiger partial charge in [0.1, 0.15) is 0 Å². The summed E-state index contributed by atoms with van der Waals surface area (Å²) < 4.78 is 4.96. The van der Waals surface area contributed by atoms with Crippen LogP contribution in [-0.2, 0) is 14.3 Å².